The molecule has 1 saturated heterocycles. The molecular formula is C17H27N3O4S. The van der Waals surface area contributed by atoms with Gasteiger partial charge in [0.25, 0.3) is 0 Å². The van der Waals surface area contributed by atoms with Crippen LogP contribution >= 0.6 is 0 Å². The Labute approximate surface area is 149 Å². The normalized spacial score (nSPS) is 17.3. The number of ether oxygens (including phenoxy) is 1. The van der Waals surface area contributed by atoms with Gasteiger partial charge in [0.1, 0.15) is 5.75 Å². The number of nitrogens with one attached hydrogen (secondary N) is 1. The molecule has 0 aromatic heterocycles. The molecule has 3 N–H and O–H groups in total. The molecule has 8 heteroatoms. The van der Waals surface area contributed by atoms with Crippen LogP contribution in [0.2, 0.25) is 0 Å². The van der Waals surface area contributed by atoms with Gasteiger partial charge >= 0.3 is 0 Å². The number of hydrogen-bond donors (Lipinski definition) is 2. The summed E-state index contributed by atoms with van der Waals surface area (Å²) >= 11 is 0. The van der Waals surface area contributed by atoms with E-state index in [1.54, 1.807) is 12.1 Å². The third-order valence-electron chi connectivity index (χ3n) is 4.24. The van der Waals surface area contributed by atoms with E-state index >= 15 is 0 Å². The largest absolute Gasteiger partial charge is 0.497 e. The Hall–Kier alpha value is -1.64. The van der Waals surface area contributed by atoms with Crippen LogP contribution in [0, 0.1) is 5.92 Å². The second-order valence-electron chi connectivity index (χ2n) is 7.06. The van der Waals surface area contributed by atoms with Crippen LogP contribution < -0.4 is 15.8 Å². The highest BCUT2D eigenvalue weighted by molar-refractivity contribution is 7.89. The number of carbonyl (C=O) groups is 1. The van der Waals surface area contributed by atoms with Crippen molar-refractivity contribution in [1.29, 1.82) is 0 Å². The third kappa shape index (κ3) is 5.17. The minimum Gasteiger partial charge on any atom is -0.497 e. The first kappa shape index (κ1) is 19.7. The topological polar surface area (TPSA) is 102 Å². The second-order valence-corrected chi connectivity index (χ2v) is 9.00. The predicted octanol–water partition coefficient (Wildman–Crippen LogP) is 0.949. The summed E-state index contributed by atoms with van der Waals surface area (Å²) in [5.41, 5.74) is 5.40. The number of piperidine rings is 1. The number of hydrogen-bond acceptors (Lipinski definition) is 5. The van der Waals surface area contributed by atoms with E-state index in [4.69, 9.17) is 10.5 Å². The Morgan fingerprint density at radius 2 is 1.84 bits per heavy atom. The fourth-order valence-electron chi connectivity index (χ4n) is 2.71. The Morgan fingerprint density at radius 3 is 2.32 bits per heavy atom. The van der Waals surface area contributed by atoms with Gasteiger partial charge in [-0.15, -0.1) is 0 Å². The maximum absolute atomic E-state index is 12.7. The Balaban J connectivity index is 1.95. The number of amides is 1. The summed E-state index contributed by atoms with van der Waals surface area (Å²) in [6.45, 7) is 4.75. The monoisotopic (exact) mass is 369 g/mol. The smallest absolute Gasteiger partial charge is 0.243 e. The fourth-order valence-corrected chi connectivity index (χ4v) is 4.18. The molecule has 0 radical (unpaired) electrons. The molecule has 1 aromatic carbocycles. The second kappa shape index (κ2) is 7.72. The molecule has 25 heavy (non-hydrogen) atoms. The van der Waals surface area contributed by atoms with Gasteiger partial charge in [0, 0.05) is 31.1 Å². The van der Waals surface area contributed by atoms with Crippen molar-refractivity contribution in [2.24, 2.45) is 11.7 Å². The van der Waals surface area contributed by atoms with Crippen molar-refractivity contribution in [3.8, 4) is 5.75 Å². The van der Waals surface area contributed by atoms with Gasteiger partial charge in [0.15, 0.2) is 0 Å². The lowest BCUT2D eigenvalue weighted by atomic mass is 9.96. The van der Waals surface area contributed by atoms with Crippen LogP contribution in [-0.4, -0.2) is 50.9 Å². The van der Waals surface area contributed by atoms with Gasteiger partial charge in [0.2, 0.25) is 15.9 Å². The zero-order valence-electron chi connectivity index (χ0n) is 15.0. The molecule has 1 aliphatic rings. The van der Waals surface area contributed by atoms with E-state index in [9.17, 15) is 13.2 Å². The van der Waals surface area contributed by atoms with Gasteiger partial charge in [-0.3, -0.25) is 4.79 Å². The van der Waals surface area contributed by atoms with E-state index in [-0.39, 0.29) is 16.7 Å². The Morgan fingerprint density at radius 1 is 1.28 bits per heavy atom. The van der Waals surface area contributed by atoms with Crippen LogP contribution in [0.25, 0.3) is 0 Å². The van der Waals surface area contributed by atoms with Crippen molar-refractivity contribution in [2.75, 3.05) is 26.7 Å². The number of sulfonamides is 1. The van der Waals surface area contributed by atoms with Gasteiger partial charge in [-0.2, -0.15) is 4.31 Å². The first-order valence-electron chi connectivity index (χ1n) is 8.34. The van der Waals surface area contributed by atoms with Crippen molar-refractivity contribution in [3.63, 3.8) is 0 Å². The SMILES string of the molecule is COc1ccc(S(=O)(=O)N2CCC(C(=O)NCC(C)(C)N)CC2)cc1. The zero-order chi connectivity index (χ0) is 18.7. The minimum atomic E-state index is -3.55. The van der Waals surface area contributed by atoms with E-state index in [0.717, 1.165) is 0 Å². The van der Waals surface area contributed by atoms with Gasteiger partial charge in [0.05, 0.1) is 12.0 Å². The molecule has 140 valence electrons. The summed E-state index contributed by atoms with van der Waals surface area (Å²) in [5, 5.41) is 2.84. The molecule has 0 unspecified atom stereocenters. The lowest BCUT2D eigenvalue weighted by Crippen LogP contribution is -2.48. The number of nitrogens with zero attached hydrogens (tertiary/aromatic N) is 1. The third-order valence-corrected chi connectivity index (χ3v) is 6.15. The van der Waals surface area contributed by atoms with Crippen LogP contribution in [0.15, 0.2) is 29.2 Å². The summed E-state index contributed by atoms with van der Waals surface area (Å²) < 4.78 is 31.9. The molecule has 1 aliphatic heterocycles. The number of carbonyl (C=O) groups excluding carboxylic acids is 1. The summed E-state index contributed by atoms with van der Waals surface area (Å²) in [5.74, 6) is 0.377. The Bertz CT molecular complexity index is 688. The Kier molecular flexibility index (Phi) is 6.08. The van der Waals surface area contributed by atoms with Crippen molar-refractivity contribution in [1.82, 2.24) is 9.62 Å². The van der Waals surface area contributed by atoms with Crippen molar-refractivity contribution >= 4 is 15.9 Å². The van der Waals surface area contributed by atoms with Crippen LogP contribution in [-0.2, 0) is 14.8 Å². The van der Waals surface area contributed by atoms with Crippen LogP contribution in [0.3, 0.4) is 0 Å². The molecule has 2 rings (SSSR count). The van der Waals surface area contributed by atoms with Crippen LogP contribution in [0.4, 0.5) is 0 Å². The molecule has 1 amide bonds. The first-order chi connectivity index (χ1) is 11.6. The first-order valence-corrected chi connectivity index (χ1v) is 9.78. The maximum Gasteiger partial charge on any atom is 0.243 e. The molecule has 1 aromatic rings. The molecular weight excluding hydrogens is 342 g/mol. The molecule has 0 atom stereocenters. The molecule has 0 spiro atoms. The highest BCUT2D eigenvalue weighted by Gasteiger charge is 2.32. The number of methoxy groups -OCH3 is 1. The lowest BCUT2D eigenvalue weighted by Gasteiger charge is -2.31. The van der Waals surface area contributed by atoms with Gasteiger partial charge in [-0.05, 0) is 51.0 Å². The fraction of sp³-hybridized carbons (Fsp3) is 0.588. The highest BCUT2D eigenvalue weighted by atomic mass is 32.2. The van der Waals surface area contributed by atoms with E-state index in [1.807, 2.05) is 13.8 Å². The standard InChI is InChI=1S/C17H27N3O4S/c1-17(2,18)12-19-16(21)13-8-10-20(11-9-13)25(22,23)15-6-4-14(24-3)5-7-15/h4-7,13H,8-12,18H2,1-3H3,(H,19,21). The summed E-state index contributed by atoms with van der Waals surface area (Å²) in [6, 6.07) is 6.33. The summed E-state index contributed by atoms with van der Waals surface area (Å²) in [6.07, 6.45) is 1.01. The maximum atomic E-state index is 12.7. The van der Waals surface area contributed by atoms with Crippen molar-refractivity contribution in [3.05, 3.63) is 24.3 Å². The predicted molar refractivity (Wildman–Crippen MR) is 95.8 cm³/mol. The number of benzene rings is 1. The summed E-state index contributed by atoms with van der Waals surface area (Å²) in [7, 11) is -2.01. The van der Waals surface area contributed by atoms with Gasteiger partial charge in [-0.25, -0.2) is 8.42 Å². The average Bonchev–Trinajstić information content (AvgIpc) is 2.59. The van der Waals surface area contributed by atoms with Gasteiger partial charge < -0.3 is 15.8 Å². The minimum absolute atomic E-state index is 0.0555. The van der Waals surface area contributed by atoms with Crippen LogP contribution in [0.5, 0.6) is 5.75 Å². The molecule has 1 fully saturated rings. The van der Waals surface area contributed by atoms with E-state index < -0.39 is 15.6 Å². The molecule has 0 saturated carbocycles. The lowest BCUT2D eigenvalue weighted by molar-refractivity contribution is -0.126. The van der Waals surface area contributed by atoms with Crippen molar-refractivity contribution in [2.45, 2.75) is 37.1 Å². The number of nitrogens with two attached hydrogens (primary N) is 1. The molecule has 0 aliphatic carbocycles. The molecule has 7 nitrogen and oxygen atoms in total. The van der Waals surface area contributed by atoms with Crippen LogP contribution in [0.1, 0.15) is 26.7 Å². The number of rotatable bonds is 6. The van der Waals surface area contributed by atoms with Gasteiger partial charge in [-0.1, -0.05) is 0 Å². The zero-order valence-corrected chi connectivity index (χ0v) is 15.8. The van der Waals surface area contributed by atoms with E-state index in [2.05, 4.69) is 5.32 Å². The quantitative estimate of drug-likeness (QED) is 0.777. The van der Waals surface area contributed by atoms with E-state index in [0.29, 0.717) is 38.2 Å². The molecule has 1 heterocycles. The highest BCUT2D eigenvalue weighted by Crippen LogP contribution is 2.25. The summed E-state index contributed by atoms with van der Waals surface area (Å²) in [4.78, 5) is 12.4. The average molecular weight is 369 g/mol. The molecule has 0 bridgehead atoms. The van der Waals surface area contributed by atoms with E-state index in [1.165, 1.54) is 23.5 Å². The van der Waals surface area contributed by atoms with Crippen molar-refractivity contribution < 1.29 is 17.9 Å².